The lowest BCUT2D eigenvalue weighted by atomic mass is 10.1. The predicted molar refractivity (Wildman–Crippen MR) is 94.8 cm³/mol. The second-order valence-corrected chi connectivity index (χ2v) is 5.52. The van der Waals surface area contributed by atoms with Gasteiger partial charge in [-0.05, 0) is 35.9 Å². The predicted octanol–water partition coefficient (Wildman–Crippen LogP) is 3.20. The molecule has 1 saturated heterocycles. The van der Waals surface area contributed by atoms with Gasteiger partial charge < -0.3 is 23.5 Å². The van der Waals surface area contributed by atoms with Crippen LogP contribution in [-0.4, -0.2) is 40.5 Å². The summed E-state index contributed by atoms with van der Waals surface area (Å²) in [5.74, 6) is 2.62. The Labute approximate surface area is 146 Å². The molecule has 1 aromatic carbocycles. The normalized spacial score (nSPS) is 14.9. The van der Waals surface area contributed by atoms with Gasteiger partial charge in [0.15, 0.2) is 17.4 Å². The number of ether oxygens (including phenoxy) is 3. The summed E-state index contributed by atoms with van der Waals surface area (Å²) in [4.78, 5) is 2.13. The standard InChI is InChI=1S/C19H20N2O4/c1-22-17-5-3-14(12-18(17)23-2)15(13-20)11-16-4-6-19(25-16)21-7-9-24-10-8-21/h3-6,11-12H,7-10H2,1-2H3. The van der Waals surface area contributed by atoms with E-state index in [0.29, 0.717) is 36.0 Å². The van der Waals surface area contributed by atoms with Crippen molar-refractivity contribution in [2.24, 2.45) is 0 Å². The molecular weight excluding hydrogens is 320 g/mol. The Morgan fingerprint density at radius 3 is 2.56 bits per heavy atom. The first kappa shape index (κ1) is 16.9. The van der Waals surface area contributed by atoms with Crippen molar-refractivity contribution in [3.05, 3.63) is 41.7 Å². The highest BCUT2D eigenvalue weighted by Crippen LogP contribution is 2.31. The minimum atomic E-state index is 0.490. The second kappa shape index (κ2) is 7.77. The van der Waals surface area contributed by atoms with Crippen LogP contribution >= 0.6 is 0 Å². The van der Waals surface area contributed by atoms with E-state index < -0.39 is 0 Å². The molecule has 6 heteroatoms. The van der Waals surface area contributed by atoms with Gasteiger partial charge in [-0.2, -0.15) is 5.26 Å². The zero-order valence-electron chi connectivity index (χ0n) is 14.3. The van der Waals surface area contributed by atoms with Crippen molar-refractivity contribution in [1.29, 1.82) is 5.26 Å². The zero-order valence-corrected chi connectivity index (χ0v) is 14.3. The molecule has 1 fully saturated rings. The molecule has 25 heavy (non-hydrogen) atoms. The average molecular weight is 340 g/mol. The van der Waals surface area contributed by atoms with Gasteiger partial charge in [0.2, 0.25) is 0 Å². The first-order chi connectivity index (χ1) is 12.2. The average Bonchev–Trinajstić information content (AvgIpc) is 3.15. The summed E-state index contributed by atoms with van der Waals surface area (Å²) in [6.45, 7) is 3.00. The molecule has 1 aliphatic heterocycles. The Morgan fingerprint density at radius 2 is 1.88 bits per heavy atom. The van der Waals surface area contributed by atoms with E-state index in [1.807, 2.05) is 18.2 Å². The third-order valence-electron chi connectivity index (χ3n) is 4.04. The van der Waals surface area contributed by atoms with E-state index in [0.717, 1.165) is 24.5 Å². The number of allylic oxidation sites excluding steroid dienone is 1. The summed E-state index contributed by atoms with van der Waals surface area (Å²) >= 11 is 0. The Bertz CT molecular complexity index is 798. The van der Waals surface area contributed by atoms with Crippen LogP contribution < -0.4 is 14.4 Å². The van der Waals surface area contributed by atoms with E-state index in [-0.39, 0.29) is 0 Å². The van der Waals surface area contributed by atoms with Gasteiger partial charge in [-0.25, -0.2) is 0 Å². The lowest BCUT2D eigenvalue weighted by molar-refractivity contribution is 0.120. The van der Waals surface area contributed by atoms with Gasteiger partial charge in [0.1, 0.15) is 5.76 Å². The fourth-order valence-corrected chi connectivity index (χ4v) is 2.70. The van der Waals surface area contributed by atoms with Crippen LogP contribution in [0.15, 0.2) is 34.7 Å². The third kappa shape index (κ3) is 3.78. The smallest absolute Gasteiger partial charge is 0.196 e. The number of hydrogen-bond donors (Lipinski definition) is 0. The molecule has 0 bridgehead atoms. The molecule has 0 N–H and O–H groups in total. The van der Waals surface area contributed by atoms with Crippen LogP contribution in [0.2, 0.25) is 0 Å². The van der Waals surface area contributed by atoms with Crippen molar-refractivity contribution in [2.75, 3.05) is 45.4 Å². The van der Waals surface area contributed by atoms with Gasteiger partial charge in [-0.1, -0.05) is 0 Å². The first-order valence-electron chi connectivity index (χ1n) is 8.02. The molecule has 2 aromatic rings. The number of hydrogen-bond acceptors (Lipinski definition) is 6. The number of nitriles is 1. The van der Waals surface area contributed by atoms with Crippen molar-refractivity contribution in [2.45, 2.75) is 0 Å². The molecule has 2 heterocycles. The molecule has 0 aliphatic carbocycles. The van der Waals surface area contributed by atoms with Crippen LogP contribution in [0.5, 0.6) is 11.5 Å². The summed E-state index contributed by atoms with van der Waals surface area (Å²) in [7, 11) is 3.15. The summed E-state index contributed by atoms with van der Waals surface area (Å²) in [5.41, 5.74) is 1.23. The molecular formula is C19H20N2O4. The van der Waals surface area contributed by atoms with Crippen molar-refractivity contribution >= 4 is 17.5 Å². The molecule has 0 saturated carbocycles. The molecule has 0 atom stereocenters. The summed E-state index contributed by atoms with van der Waals surface area (Å²) in [6.07, 6.45) is 1.73. The largest absolute Gasteiger partial charge is 0.493 e. The molecule has 130 valence electrons. The monoisotopic (exact) mass is 340 g/mol. The van der Waals surface area contributed by atoms with Crippen LogP contribution in [0.25, 0.3) is 11.6 Å². The van der Waals surface area contributed by atoms with E-state index >= 15 is 0 Å². The van der Waals surface area contributed by atoms with Crippen molar-refractivity contribution in [1.82, 2.24) is 0 Å². The van der Waals surface area contributed by atoms with E-state index in [9.17, 15) is 5.26 Å². The van der Waals surface area contributed by atoms with E-state index in [1.165, 1.54) is 0 Å². The van der Waals surface area contributed by atoms with E-state index in [4.69, 9.17) is 18.6 Å². The first-order valence-corrected chi connectivity index (χ1v) is 8.02. The Hall–Kier alpha value is -2.91. The highest BCUT2D eigenvalue weighted by Gasteiger charge is 2.15. The quantitative estimate of drug-likeness (QED) is 0.779. The Morgan fingerprint density at radius 1 is 1.12 bits per heavy atom. The lowest BCUT2D eigenvalue weighted by Crippen LogP contribution is -2.35. The van der Waals surface area contributed by atoms with Crippen LogP contribution in [0, 0.1) is 11.3 Å². The van der Waals surface area contributed by atoms with Crippen LogP contribution in [0.3, 0.4) is 0 Å². The lowest BCUT2D eigenvalue weighted by Gasteiger charge is -2.26. The van der Waals surface area contributed by atoms with Gasteiger partial charge in [-0.3, -0.25) is 0 Å². The fourth-order valence-electron chi connectivity index (χ4n) is 2.70. The Kier molecular flexibility index (Phi) is 5.26. The summed E-state index contributed by atoms with van der Waals surface area (Å²) in [5, 5.41) is 9.53. The molecule has 1 aliphatic rings. The number of morpholine rings is 1. The molecule has 1 aromatic heterocycles. The third-order valence-corrected chi connectivity index (χ3v) is 4.04. The molecule has 0 amide bonds. The van der Waals surface area contributed by atoms with Crippen molar-refractivity contribution in [3.8, 4) is 17.6 Å². The topological polar surface area (TPSA) is 67.9 Å². The molecule has 6 nitrogen and oxygen atoms in total. The number of nitrogens with zero attached hydrogens (tertiary/aromatic N) is 2. The van der Waals surface area contributed by atoms with Gasteiger partial charge in [0.25, 0.3) is 0 Å². The molecule has 0 radical (unpaired) electrons. The zero-order chi connectivity index (χ0) is 17.6. The van der Waals surface area contributed by atoms with E-state index in [2.05, 4.69) is 11.0 Å². The van der Waals surface area contributed by atoms with Gasteiger partial charge in [0, 0.05) is 19.2 Å². The van der Waals surface area contributed by atoms with Gasteiger partial charge in [0.05, 0.1) is 39.1 Å². The van der Waals surface area contributed by atoms with Crippen molar-refractivity contribution < 1.29 is 18.6 Å². The number of methoxy groups -OCH3 is 2. The minimum absolute atomic E-state index is 0.490. The van der Waals surface area contributed by atoms with Gasteiger partial charge >= 0.3 is 0 Å². The van der Waals surface area contributed by atoms with Crippen molar-refractivity contribution in [3.63, 3.8) is 0 Å². The maximum Gasteiger partial charge on any atom is 0.196 e. The van der Waals surface area contributed by atoms with Gasteiger partial charge in [-0.15, -0.1) is 0 Å². The number of benzene rings is 1. The summed E-state index contributed by atoms with van der Waals surface area (Å²) in [6, 6.07) is 11.4. The van der Waals surface area contributed by atoms with Crippen LogP contribution in [-0.2, 0) is 4.74 Å². The molecule has 3 rings (SSSR count). The number of furan rings is 1. The highest BCUT2D eigenvalue weighted by atomic mass is 16.5. The Balaban J connectivity index is 1.86. The van der Waals surface area contributed by atoms with Crippen LogP contribution in [0.1, 0.15) is 11.3 Å². The maximum absolute atomic E-state index is 9.53. The number of rotatable bonds is 5. The highest BCUT2D eigenvalue weighted by molar-refractivity contribution is 5.89. The van der Waals surface area contributed by atoms with Crippen LogP contribution in [0.4, 0.5) is 5.88 Å². The fraction of sp³-hybridized carbons (Fsp3) is 0.316. The SMILES string of the molecule is COc1ccc(C(C#N)=Cc2ccc(N3CCOCC3)o2)cc1OC. The number of anilines is 1. The second-order valence-electron chi connectivity index (χ2n) is 5.52. The molecule has 0 unspecified atom stereocenters. The molecule has 0 spiro atoms. The van der Waals surface area contributed by atoms with E-state index in [1.54, 1.807) is 32.4 Å². The summed E-state index contributed by atoms with van der Waals surface area (Å²) < 4.78 is 21.7. The maximum atomic E-state index is 9.53. The minimum Gasteiger partial charge on any atom is -0.493 e.